The molecule has 0 fully saturated rings. The summed E-state index contributed by atoms with van der Waals surface area (Å²) < 4.78 is 1.70. The number of fused-ring (bicyclic) bond motifs is 2. The van der Waals surface area contributed by atoms with E-state index in [1.807, 2.05) is 42.5 Å². The lowest BCUT2D eigenvalue weighted by Gasteiger charge is -2.01. The van der Waals surface area contributed by atoms with Crippen LogP contribution in [0, 0.1) is 0 Å². The van der Waals surface area contributed by atoms with Crippen LogP contribution in [0.5, 0.6) is 0 Å². The molecule has 0 bridgehead atoms. The Labute approximate surface area is 143 Å². The van der Waals surface area contributed by atoms with E-state index >= 15 is 0 Å². The molecule has 0 saturated heterocycles. The van der Waals surface area contributed by atoms with Crippen molar-refractivity contribution in [1.29, 1.82) is 0 Å². The van der Waals surface area contributed by atoms with Crippen LogP contribution in [0.25, 0.3) is 22.5 Å². The van der Waals surface area contributed by atoms with Gasteiger partial charge in [-0.05, 0) is 35.2 Å². The Morgan fingerprint density at radius 3 is 2.96 bits per heavy atom. The topological polar surface area (TPSA) is 47.3 Å². The first-order chi connectivity index (χ1) is 11.7. The molecule has 3 aromatic heterocycles. The second kappa shape index (κ2) is 5.91. The average molecular weight is 334 g/mol. The van der Waals surface area contributed by atoms with Crippen molar-refractivity contribution in [2.75, 3.05) is 0 Å². The SMILES string of the molecule is O=C(/C=C/c1cccc2cnccc12)c1c(Cl)nc2ccccn12. The van der Waals surface area contributed by atoms with Crippen LogP contribution >= 0.6 is 11.6 Å². The van der Waals surface area contributed by atoms with Gasteiger partial charge < -0.3 is 0 Å². The fraction of sp³-hybridized carbons (Fsp3) is 0. The standard InChI is InChI=1S/C19H12ClN3O/c20-19-18(23-11-2-1-6-17(23)22-19)16(24)8-7-13-4-3-5-14-12-21-10-9-15(13)14/h1-12H/b8-7+. The van der Waals surface area contributed by atoms with Crippen LogP contribution in [0.4, 0.5) is 0 Å². The van der Waals surface area contributed by atoms with Crippen molar-refractivity contribution >= 4 is 39.9 Å². The van der Waals surface area contributed by atoms with Gasteiger partial charge in [0.25, 0.3) is 0 Å². The molecule has 4 rings (SSSR count). The van der Waals surface area contributed by atoms with E-state index in [2.05, 4.69) is 9.97 Å². The number of pyridine rings is 2. The fourth-order valence-electron chi connectivity index (χ4n) is 2.72. The molecule has 0 spiro atoms. The number of allylic oxidation sites excluding steroid dienone is 1. The molecular formula is C19H12ClN3O. The summed E-state index contributed by atoms with van der Waals surface area (Å²) in [4.78, 5) is 20.9. The van der Waals surface area contributed by atoms with Gasteiger partial charge in [-0.2, -0.15) is 0 Å². The second-order valence-electron chi connectivity index (χ2n) is 5.32. The first-order valence-electron chi connectivity index (χ1n) is 7.42. The van der Waals surface area contributed by atoms with Gasteiger partial charge in [-0.1, -0.05) is 41.9 Å². The van der Waals surface area contributed by atoms with Gasteiger partial charge in [-0.25, -0.2) is 4.98 Å². The summed E-state index contributed by atoms with van der Waals surface area (Å²) in [6.07, 6.45) is 8.64. The van der Waals surface area contributed by atoms with E-state index in [1.165, 1.54) is 6.08 Å². The lowest BCUT2D eigenvalue weighted by molar-refractivity contribution is 0.104. The van der Waals surface area contributed by atoms with E-state index in [9.17, 15) is 4.79 Å². The normalized spacial score (nSPS) is 11.5. The van der Waals surface area contributed by atoms with Gasteiger partial charge in [-0.3, -0.25) is 14.2 Å². The van der Waals surface area contributed by atoms with Crippen LogP contribution in [0.1, 0.15) is 16.1 Å². The molecule has 0 atom stereocenters. The molecule has 5 heteroatoms. The monoisotopic (exact) mass is 333 g/mol. The van der Waals surface area contributed by atoms with Gasteiger partial charge >= 0.3 is 0 Å². The summed E-state index contributed by atoms with van der Waals surface area (Å²) in [5.41, 5.74) is 1.97. The van der Waals surface area contributed by atoms with Crippen molar-refractivity contribution in [3.8, 4) is 0 Å². The predicted octanol–water partition coefficient (Wildman–Crippen LogP) is 4.43. The molecule has 116 valence electrons. The Morgan fingerprint density at radius 2 is 2.04 bits per heavy atom. The molecule has 0 unspecified atom stereocenters. The van der Waals surface area contributed by atoms with E-state index in [0.717, 1.165) is 16.3 Å². The van der Waals surface area contributed by atoms with Gasteiger partial charge in [0.1, 0.15) is 11.3 Å². The lowest BCUT2D eigenvalue weighted by atomic mass is 10.1. The van der Waals surface area contributed by atoms with Crippen LogP contribution in [0.3, 0.4) is 0 Å². The number of rotatable bonds is 3. The van der Waals surface area contributed by atoms with E-state index in [0.29, 0.717) is 11.3 Å². The van der Waals surface area contributed by atoms with Crippen LogP contribution in [0.15, 0.2) is 67.1 Å². The molecule has 0 N–H and O–H groups in total. The maximum atomic E-state index is 12.6. The maximum Gasteiger partial charge on any atom is 0.205 e. The number of ketones is 1. The molecule has 4 nitrogen and oxygen atoms in total. The Balaban J connectivity index is 1.75. The number of carbonyl (C=O) groups is 1. The Hall–Kier alpha value is -2.98. The van der Waals surface area contributed by atoms with Crippen molar-refractivity contribution in [3.63, 3.8) is 0 Å². The second-order valence-corrected chi connectivity index (χ2v) is 5.68. The van der Waals surface area contributed by atoms with Crippen LogP contribution < -0.4 is 0 Å². The molecule has 1 aromatic carbocycles. The summed E-state index contributed by atoms with van der Waals surface area (Å²) in [6, 6.07) is 13.3. The zero-order valence-corrected chi connectivity index (χ0v) is 13.3. The predicted molar refractivity (Wildman–Crippen MR) is 95.3 cm³/mol. The highest BCUT2D eigenvalue weighted by molar-refractivity contribution is 6.33. The fourth-order valence-corrected chi connectivity index (χ4v) is 3.00. The van der Waals surface area contributed by atoms with Crippen LogP contribution in [-0.4, -0.2) is 20.2 Å². The van der Waals surface area contributed by atoms with Gasteiger partial charge in [0.15, 0.2) is 5.15 Å². The van der Waals surface area contributed by atoms with Crippen LogP contribution in [0.2, 0.25) is 5.15 Å². The zero-order valence-electron chi connectivity index (χ0n) is 12.6. The van der Waals surface area contributed by atoms with Crippen molar-refractivity contribution in [2.45, 2.75) is 0 Å². The van der Waals surface area contributed by atoms with Gasteiger partial charge in [0, 0.05) is 24.0 Å². The van der Waals surface area contributed by atoms with Gasteiger partial charge in [-0.15, -0.1) is 0 Å². The number of hydrogen-bond acceptors (Lipinski definition) is 3. The first kappa shape index (κ1) is 14.6. The number of carbonyl (C=O) groups excluding carboxylic acids is 1. The zero-order chi connectivity index (χ0) is 16.5. The highest BCUT2D eigenvalue weighted by Gasteiger charge is 2.15. The van der Waals surface area contributed by atoms with Crippen molar-refractivity contribution in [1.82, 2.24) is 14.4 Å². The molecule has 0 aliphatic heterocycles. The third kappa shape index (κ3) is 2.47. The highest BCUT2D eigenvalue weighted by atomic mass is 35.5. The van der Waals surface area contributed by atoms with E-state index in [-0.39, 0.29) is 10.9 Å². The van der Waals surface area contributed by atoms with E-state index < -0.39 is 0 Å². The summed E-state index contributed by atoms with van der Waals surface area (Å²) in [5.74, 6) is -0.190. The number of aromatic nitrogens is 3. The summed E-state index contributed by atoms with van der Waals surface area (Å²) >= 11 is 6.14. The molecule has 0 aliphatic rings. The summed E-state index contributed by atoms with van der Waals surface area (Å²) in [6.45, 7) is 0. The summed E-state index contributed by atoms with van der Waals surface area (Å²) in [7, 11) is 0. The van der Waals surface area contributed by atoms with E-state index in [1.54, 1.807) is 29.1 Å². The number of imidazole rings is 1. The molecule has 0 saturated carbocycles. The Morgan fingerprint density at radius 1 is 1.12 bits per heavy atom. The minimum Gasteiger partial charge on any atom is -0.295 e. The maximum absolute atomic E-state index is 12.6. The molecule has 3 heterocycles. The largest absolute Gasteiger partial charge is 0.295 e. The third-order valence-electron chi connectivity index (χ3n) is 3.85. The third-order valence-corrected chi connectivity index (χ3v) is 4.11. The van der Waals surface area contributed by atoms with Crippen LogP contribution in [-0.2, 0) is 0 Å². The Kier molecular flexibility index (Phi) is 3.59. The number of halogens is 1. The average Bonchev–Trinajstić information content (AvgIpc) is 2.95. The van der Waals surface area contributed by atoms with Crippen molar-refractivity contribution in [2.24, 2.45) is 0 Å². The molecule has 0 radical (unpaired) electrons. The summed E-state index contributed by atoms with van der Waals surface area (Å²) in [5, 5.41) is 2.28. The number of benzene rings is 1. The molecule has 0 amide bonds. The molecular weight excluding hydrogens is 322 g/mol. The van der Waals surface area contributed by atoms with Crippen molar-refractivity contribution in [3.05, 3.63) is 83.5 Å². The van der Waals surface area contributed by atoms with E-state index in [4.69, 9.17) is 11.6 Å². The number of nitrogens with zero attached hydrogens (tertiary/aromatic N) is 3. The quantitative estimate of drug-likeness (QED) is 0.411. The van der Waals surface area contributed by atoms with Gasteiger partial charge in [0.05, 0.1) is 0 Å². The number of hydrogen-bond donors (Lipinski definition) is 0. The van der Waals surface area contributed by atoms with Crippen molar-refractivity contribution < 1.29 is 4.79 Å². The highest BCUT2D eigenvalue weighted by Crippen LogP contribution is 2.21. The minimum atomic E-state index is -0.190. The molecule has 24 heavy (non-hydrogen) atoms. The smallest absolute Gasteiger partial charge is 0.205 e. The van der Waals surface area contributed by atoms with Gasteiger partial charge in [0.2, 0.25) is 5.78 Å². The Bertz CT molecular complexity index is 1090. The lowest BCUT2D eigenvalue weighted by Crippen LogP contribution is -2.00. The molecule has 4 aromatic rings. The minimum absolute atomic E-state index is 0.190. The molecule has 0 aliphatic carbocycles. The first-order valence-corrected chi connectivity index (χ1v) is 7.79.